The summed E-state index contributed by atoms with van der Waals surface area (Å²) in [6, 6.07) is 2.99. The SMILES string of the molecule is COc1c(O)ccc(C(OC)OC)c1N=C(N)N=C(N)N. The molecule has 0 fully saturated rings. The van der Waals surface area contributed by atoms with Gasteiger partial charge in [0.25, 0.3) is 0 Å². The van der Waals surface area contributed by atoms with Crippen molar-refractivity contribution in [2.75, 3.05) is 21.3 Å². The maximum atomic E-state index is 9.84. The number of nitrogens with two attached hydrogens (primary N) is 3. The van der Waals surface area contributed by atoms with Crippen LogP contribution in [0.3, 0.4) is 0 Å². The molecule has 21 heavy (non-hydrogen) atoms. The first-order valence-corrected chi connectivity index (χ1v) is 5.83. The number of guanidine groups is 2. The highest BCUT2D eigenvalue weighted by atomic mass is 16.7. The third-order valence-electron chi connectivity index (χ3n) is 2.50. The van der Waals surface area contributed by atoms with Gasteiger partial charge in [-0.15, -0.1) is 0 Å². The molecule has 0 spiro atoms. The van der Waals surface area contributed by atoms with Gasteiger partial charge in [0.05, 0.1) is 7.11 Å². The average molecular weight is 297 g/mol. The number of rotatable bonds is 5. The minimum atomic E-state index is -0.731. The number of aromatic hydroxyl groups is 1. The van der Waals surface area contributed by atoms with E-state index in [1.165, 1.54) is 27.4 Å². The summed E-state index contributed by atoms with van der Waals surface area (Å²) in [5.74, 6) is -0.471. The Hall–Kier alpha value is -2.52. The van der Waals surface area contributed by atoms with Crippen LogP contribution in [0.1, 0.15) is 11.9 Å². The highest BCUT2D eigenvalue weighted by Gasteiger charge is 2.20. The van der Waals surface area contributed by atoms with Gasteiger partial charge in [-0.1, -0.05) is 0 Å². The van der Waals surface area contributed by atoms with Crippen molar-refractivity contribution < 1.29 is 19.3 Å². The van der Waals surface area contributed by atoms with Crippen LogP contribution >= 0.6 is 0 Å². The zero-order valence-electron chi connectivity index (χ0n) is 12.0. The molecule has 0 saturated heterocycles. The molecule has 0 bridgehead atoms. The minimum absolute atomic E-state index is 0.0975. The van der Waals surface area contributed by atoms with Crippen molar-refractivity contribution in [3.05, 3.63) is 17.7 Å². The number of aliphatic imine (C=N–C) groups is 2. The fourth-order valence-electron chi connectivity index (χ4n) is 1.70. The molecule has 0 aliphatic heterocycles. The minimum Gasteiger partial charge on any atom is -0.504 e. The fraction of sp³-hybridized carbons (Fsp3) is 0.333. The van der Waals surface area contributed by atoms with E-state index in [0.29, 0.717) is 5.56 Å². The summed E-state index contributed by atoms with van der Waals surface area (Å²) in [7, 11) is 4.30. The topological polar surface area (TPSA) is 151 Å². The molecule has 0 amide bonds. The number of methoxy groups -OCH3 is 3. The van der Waals surface area contributed by atoms with Crippen molar-refractivity contribution in [1.82, 2.24) is 0 Å². The molecular weight excluding hydrogens is 278 g/mol. The zero-order valence-corrected chi connectivity index (χ0v) is 12.0. The summed E-state index contributed by atoms with van der Waals surface area (Å²) < 4.78 is 15.5. The summed E-state index contributed by atoms with van der Waals surface area (Å²) in [4.78, 5) is 7.66. The van der Waals surface area contributed by atoms with Crippen LogP contribution in [-0.4, -0.2) is 38.4 Å². The largest absolute Gasteiger partial charge is 0.504 e. The second-order valence-corrected chi connectivity index (χ2v) is 3.87. The van der Waals surface area contributed by atoms with E-state index in [0.717, 1.165) is 0 Å². The van der Waals surface area contributed by atoms with Crippen LogP contribution < -0.4 is 21.9 Å². The highest BCUT2D eigenvalue weighted by molar-refractivity contribution is 5.94. The molecule has 9 nitrogen and oxygen atoms in total. The monoisotopic (exact) mass is 297 g/mol. The van der Waals surface area contributed by atoms with Gasteiger partial charge in [0.1, 0.15) is 5.69 Å². The number of phenols is 1. The van der Waals surface area contributed by atoms with Gasteiger partial charge in [-0.25, -0.2) is 4.99 Å². The summed E-state index contributed by atoms with van der Waals surface area (Å²) in [5, 5.41) is 9.84. The van der Waals surface area contributed by atoms with Crippen LogP contribution in [0, 0.1) is 0 Å². The Morgan fingerprint density at radius 2 is 1.76 bits per heavy atom. The predicted molar refractivity (Wildman–Crippen MR) is 78.5 cm³/mol. The van der Waals surface area contributed by atoms with E-state index in [-0.39, 0.29) is 29.1 Å². The van der Waals surface area contributed by atoms with Gasteiger partial charge in [0, 0.05) is 19.8 Å². The number of nitrogens with zero attached hydrogens (tertiary/aromatic N) is 2. The standard InChI is InChI=1S/C12H19N5O4/c1-19-9-7(18)5-4-6(10(20-2)21-3)8(9)16-12(15)17-11(13)14/h4-5,10,18H,1-3H3,(H6,13,14,15,16,17). The van der Waals surface area contributed by atoms with Crippen molar-refractivity contribution in [2.24, 2.45) is 27.2 Å². The van der Waals surface area contributed by atoms with E-state index in [1.807, 2.05) is 0 Å². The Labute approximate surface area is 122 Å². The Bertz CT molecular complexity index is 551. The molecule has 0 unspecified atom stereocenters. The Kier molecular flexibility index (Phi) is 5.76. The first kappa shape index (κ1) is 16.5. The van der Waals surface area contributed by atoms with Crippen molar-refractivity contribution in [2.45, 2.75) is 6.29 Å². The molecule has 116 valence electrons. The number of ether oxygens (including phenoxy) is 3. The lowest BCUT2D eigenvalue weighted by atomic mass is 10.1. The number of hydrogen-bond donors (Lipinski definition) is 4. The van der Waals surface area contributed by atoms with Crippen LogP contribution in [0.5, 0.6) is 11.5 Å². The molecule has 0 aliphatic carbocycles. The lowest BCUT2D eigenvalue weighted by Gasteiger charge is -2.18. The molecule has 0 atom stereocenters. The molecule has 0 aliphatic rings. The summed E-state index contributed by atoms with van der Waals surface area (Å²) >= 11 is 0. The van der Waals surface area contributed by atoms with Crippen molar-refractivity contribution in [1.29, 1.82) is 0 Å². The van der Waals surface area contributed by atoms with E-state index < -0.39 is 6.29 Å². The van der Waals surface area contributed by atoms with E-state index >= 15 is 0 Å². The predicted octanol–water partition coefficient (Wildman–Crippen LogP) is -0.0882. The van der Waals surface area contributed by atoms with Gasteiger partial charge >= 0.3 is 0 Å². The Balaban J connectivity index is 3.50. The second-order valence-electron chi connectivity index (χ2n) is 3.87. The number of hydrogen-bond acceptors (Lipinski definition) is 5. The molecule has 1 aromatic carbocycles. The summed E-state index contributed by atoms with van der Waals surface area (Å²) in [6.07, 6.45) is -0.731. The van der Waals surface area contributed by atoms with Crippen LogP contribution in [-0.2, 0) is 9.47 Å². The van der Waals surface area contributed by atoms with Crippen LogP contribution in [0.4, 0.5) is 5.69 Å². The molecule has 7 N–H and O–H groups in total. The number of benzene rings is 1. The van der Waals surface area contributed by atoms with Gasteiger partial charge < -0.3 is 36.5 Å². The maximum Gasteiger partial charge on any atom is 0.223 e. The van der Waals surface area contributed by atoms with E-state index in [9.17, 15) is 5.11 Å². The molecule has 0 saturated carbocycles. The van der Waals surface area contributed by atoms with E-state index in [1.54, 1.807) is 6.07 Å². The first-order chi connectivity index (χ1) is 9.94. The van der Waals surface area contributed by atoms with Gasteiger partial charge in [-0.2, -0.15) is 4.99 Å². The van der Waals surface area contributed by atoms with Gasteiger partial charge in [-0.3, -0.25) is 0 Å². The highest BCUT2D eigenvalue weighted by Crippen LogP contribution is 2.42. The third-order valence-corrected chi connectivity index (χ3v) is 2.50. The maximum absolute atomic E-state index is 9.84. The normalized spacial score (nSPS) is 11.5. The number of phenolic OH excluding ortho intramolecular Hbond substituents is 1. The smallest absolute Gasteiger partial charge is 0.223 e. The summed E-state index contributed by atoms with van der Waals surface area (Å²) in [5.41, 5.74) is 16.8. The van der Waals surface area contributed by atoms with Gasteiger partial charge in [0.2, 0.25) is 5.96 Å². The van der Waals surface area contributed by atoms with Gasteiger partial charge in [0.15, 0.2) is 23.7 Å². The van der Waals surface area contributed by atoms with Crippen molar-refractivity contribution >= 4 is 17.6 Å². The van der Waals surface area contributed by atoms with Crippen LogP contribution in [0.15, 0.2) is 22.1 Å². The lowest BCUT2D eigenvalue weighted by Crippen LogP contribution is -2.26. The first-order valence-electron chi connectivity index (χ1n) is 5.83. The van der Waals surface area contributed by atoms with Gasteiger partial charge in [-0.05, 0) is 12.1 Å². The Morgan fingerprint density at radius 3 is 2.24 bits per heavy atom. The third kappa shape index (κ3) is 3.97. The molecule has 1 rings (SSSR count). The quantitative estimate of drug-likeness (QED) is 0.337. The lowest BCUT2D eigenvalue weighted by molar-refractivity contribution is -0.105. The van der Waals surface area contributed by atoms with Crippen LogP contribution in [0.2, 0.25) is 0 Å². The Morgan fingerprint density at radius 1 is 1.14 bits per heavy atom. The van der Waals surface area contributed by atoms with E-state index in [2.05, 4.69) is 9.98 Å². The molecule has 0 aromatic heterocycles. The average Bonchev–Trinajstić information content (AvgIpc) is 2.41. The van der Waals surface area contributed by atoms with Crippen molar-refractivity contribution in [3.8, 4) is 11.5 Å². The van der Waals surface area contributed by atoms with E-state index in [4.69, 9.17) is 31.4 Å². The molecular formula is C12H19N5O4. The molecule has 0 radical (unpaired) electrons. The molecule has 9 heteroatoms. The zero-order chi connectivity index (χ0) is 16.0. The summed E-state index contributed by atoms with van der Waals surface area (Å²) in [6.45, 7) is 0. The molecule has 0 heterocycles. The molecule has 1 aromatic rings. The second kappa shape index (κ2) is 7.31. The van der Waals surface area contributed by atoms with Crippen LogP contribution in [0.25, 0.3) is 0 Å². The van der Waals surface area contributed by atoms with Crippen molar-refractivity contribution in [3.63, 3.8) is 0 Å². The fourth-order valence-corrected chi connectivity index (χ4v) is 1.70.